The third kappa shape index (κ3) is 3.53. The number of anilines is 1. The van der Waals surface area contributed by atoms with Crippen molar-refractivity contribution in [1.29, 1.82) is 0 Å². The first-order valence-corrected chi connectivity index (χ1v) is 8.54. The van der Waals surface area contributed by atoms with Crippen molar-refractivity contribution in [3.8, 4) is 5.75 Å². The van der Waals surface area contributed by atoms with E-state index in [-0.39, 0.29) is 5.56 Å². The van der Waals surface area contributed by atoms with Gasteiger partial charge < -0.3 is 14.6 Å². The highest BCUT2D eigenvalue weighted by Crippen LogP contribution is 2.22. The van der Waals surface area contributed by atoms with E-state index in [4.69, 9.17) is 4.74 Å². The minimum Gasteiger partial charge on any atom is -0.497 e. The Morgan fingerprint density at radius 2 is 1.72 bits per heavy atom. The fraction of sp³-hybridized carbons (Fsp3) is 0.286. The van der Waals surface area contributed by atoms with E-state index in [2.05, 4.69) is 36.7 Å². The van der Waals surface area contributed by atoms with Crippen molar-refractivity contribution in [2.24, 2.45) is 0 Å². The largest absolute Gasteiger partial charge is 0.497 e. The number of methoxy groups -OCH3 is 1. The molecule has 3 aromatic rings. The fourth-order valence-corrected chi connectivity index (χ4v) is 3.02. The van der Waals surface area contributed by atoms with E-state index in [1.165, 1.54) is 11.1 Å². The van der Waals surface area contributed by atoms with Crippen molar-refractivity contribution in [2.45, 2.75) is 27.3 Å². The van der Waals surface area contributed by atoms with Crippen LogP contribution in [0.1, 0.15) is 23.6 Å². The molecule has 1 aromatic heterocycles. The second-order valence-corrected chi connectivity index (χ2v) is 6.36. The highest BCUT2D eigenvalue weighted by Gasteiger charge is 2.10. The van der Waals surface area contributed by atoms with Gasteiger partial charge in [0.1, 0.15) is 5.75 Å². The van der Waals surface area contributed by atoms with Gasteiger partial charge in [0.25, 0.3) is 5.56 Å². The summed E-state index contributed by atoms with van der Waals surface area (Å²) in [5, 5.41) is 1.07. The zero-order chi connectivity index (χ0) is 18.0. The van der Waals surface area contributed by atoms with Crippen molar-refractivity contribution >= 4 is 16.6 Å². The van der Waals surface area contributed by atoms with Crippen LogP contribution in [0.25, 0.3) is 10.9 Å². The number of aryl methyl sites for hydroxylation is 2. The van der Waals surface area contributed by atoms with Gasteiger partial charge >= 0.3 is 0 Å². The average Bonchev–Trinajstić information content (AvgIpc) is 2.62. The number of hydrogen-bond donors (Lipinski definition) is 1. The van der Waals surface area contributed by atoms with Gasteiger partial charge in [-0.2, -0.15) is 0 Å². The zero-order valence-electron chi connectivity index (χ0n) is 15.2. The van der Waals surface area contributed by atoms with Crippen molar-refractivity contribution in [2.75, 3.05) is 18.6 Å². The molecule has 0 saturated carbocycles. The maximum Gasteiger partial charge on any atom is 0.253 e. The summed E-state index contributed by atoms with van der Waals surface area (Å²) in [6.07, 6.45) is 0. The number of ether oxygens (including phenoxy) is 1. The molecule has 0 saturated heterocycles. The van der Waals surface area contributed by atoms with E-state index in [1.54, 1.807) is 7.11 Å². The second kappa shape index (κ2) is 7.01. The van der Waals surface area contributed by atoms with Gasteiger partial charge in [0.05, 0.1) is 7.11 Å². The molecule has 3 rings (SSSR count). The number of pyridine rings is 1. The van der Waals surface area contributed by atoms with Gasteiger partial charge in [0.2, 0.25) is 0 Å². The third-order valence-corrected chi connectivity index (χ3v) is 4.72. The first kappa shape index (κ1) is 17.1. The number of H-pyrrole nitrogens is 1. The van der Waals surface area contributed by atoms with E-state index in [9.17, 15) is 4.79 Å². The molecule has 0 bridgehead atoms. The number of aromatic amines is 1. The molecule has 0 amide bonds. The average molecular weight is 336 g/mol. The SMILES string of the molecule is CCN(Cc1cc2cc(C)c(C)cc2[nH]c1=O)c1ccc(OC)cc1. The Hall–Kier alpha value is -2.75. The minimum absolute atomic E-state index is 0.0253. The highest BCUT2D eigenvalue weighted by atomic mass is 16.5. The van der Waals surface area contributed by atoms with Crippen LogP contribution in [-0.4, -0.2) is 18.6 Å². The molecule has 4 heteroatoms. The van der Waals surface area contributed by atoms with Crippen molar-refractivity contribution in [3.05, 3.63) is 69.5 Å². The van der Waals surface area contributed by atoms with E-state index in [0.717, 1.165) is 34.4 Å². The summed E-state index contributed by atoms with van der Waals surface area (Å²) in [5.41, 5.74) is 5.13. The fourth-order valence-electron chi connectivity index (χ4n) is 3.02. The van der Waals surface area contributed by atoms with E-state index in [0.29, 0.717) is 6.54 Å². The van der Waals surface area contributed by atoms with Crippen LogP contribution < -0.4 is 15.2 Å². The monoisotopic (exact) mass is 336 g/mol. The summed E-state index contributed by atoms with van der Waals surface area (Å²) in [5.74, 6) is 0.828. The molecule has 0 radical (unpaired) electrons. The Morgan fingerprint density at radius 1 is 1.04 bits per heavy atom. The Balaban J connectivity index is 1.95. The first-order valence-electron chi connectivity index (χ1n) is 8.54. The van der Waals surface area contributed by atoms with Crippen LogP contribution in [0, 0.1) is 13.8 Å². The molecule has 4 nitrogen and oxygen atoms in total. The highest BCUT2D eigenvalue weighted by molar-refractivity contribution is 5.80. The smallest absolute Gasteiger partial charge is 0.253 e. The molecule has 0 fully saturated rings. The van der Waals surface area contributed by atoms with Crippen molar-refractivity contribution in [1.82, 2.24) is 4.98 Å². The summed E-state index contributed by atoms with van der Waals surface area (Å²) in [6.45, 7) is 7.63. The molecular formula is C21H24N2O2. The number of fused-ring (bicyclic) bond motifs is 1. The maximum atomic E-state index is 12.5. The molecule has 1 N–H and O–H groups in total. The summed E-state index contributed by atoms with van der Waals surface area (Å²) >= 11 is 0. The molecule has 0 aliphatic heterocycles. The van der Waals surface area contributed by atoms with Crippen LogP contribution in [-0.2, 0) is 6.54 Å². The quantitative estimate of drug-likeness (QED) is 0.760. The van der Waals surface area contributed by atoms with Gasteiger partial charge in [-0.15, -0.1) is 0 Å². The number of aromatic nitrogens is 1. The number of nitrogens with zero attached hydrogens (tertiary/aromatic N) is 1. The topological polar surface area (TPSA) is 45.3 Å². The standard InChI is InChI=1S/C21H24N2O2/c1-5-23(18-6-8-19(25-4)9-7-18)13-17-12-16-10-14(2)15(3)11-20(16)22-21(17)24/h6-12H,5,13H2,1-4H3,(H,22,24). The molecule has 130 valence electrons. The van der Waals surface area contributed by atoms with Gasteiger partial charge in [0.15, 0.2) is 0 Å². The van der Waals surface area contributed by atoms with Crippen molar-refractivity contribution in [3.63, 3.8) is 0 Å². The van der Waals surface area contributed by atoms with E-state index >= 15 is 0 Å². The van der Waals surface area contributed by atoms with Crippen LogP contribution in [0.4, 0.5) is 5.69 Å². The molecule has 0 spiro atoms. The number of rotatable bonds is 5. The van der Waals surface area contributed by atoms with Gasteiger partial charge in [-0.1, -0.05) is 0 Å². The number of benzene rings is 2. The first-order chi connectivity index (χ1) is 12.0. The molecule has 0 atom stereocenters. The lowest BCUT2D eigenvalue weighted by Gasteiger charge is -2.23. The second-order valence-electron chi connectivity index (χ2n) is 6.36. The third-order valence-electron chi connectivity index (χ3n) is 4.72. The van der Waals surface area contributed by atoms with Crippen LogP contribution in [0.2, 0.25) is 0 Å². The van der Waals surface area contributed by atoms with Gasteiger partial charge in [-0.05, 0) is 79.7 Å². The number of nitrogens with one attached hydrogen (secondary N) is 1. The van der Waals surface area contributed by atoms with Gasteiger partial charge in [-0.25, -0.2) is 0 Å². The molecule has 0 aliphatic rings. The Morgan fingerprint density at radius 3 is 2.36 bits per heavy atom. The van der Waals surface area contributed by atoms with Crippen LogP contribution in [0.5, 0.6) is 5.75 Å². The maximum absolute atomic E-state index is 12.5. The molecular weight excluding hydrogens is 312 g/mol. The summed E-state index contributed by atoms with van der Waals surface area (Å²) < 4.78 is 5.22. The minimum atomic E-state index is -0.0253. The summed E-state index contributed by atoms with van der Waals surface area (Å²) in [7, 11) is 1.66. The Bertz CT molecular complexity index is 943. The predicted octanol–water partition coefficient (Wildman–Crippen LogP) is 4.18. The normalized spacial score (nSPS) is 10.9. The molecule has 0 unspecified atom stereocenters. The lowest BCUT2D eigenvalue weighted by molar-refractivity contribution is 0.415. The van der Waals surface area contributed by atoms with Crippen molar-refractivity contribution < 1.29 is 4.74 Å². The zero-order valence-corrected chi connectivity index (χ0v) is 15.2. The summed E-state index contributed by atoms with van der Waals surface area (Å²) in [6, 6.07) is 14.1. The molecule has 1 heterocycles. The molecule has 2 aromatic carbocycles. The lowest BCUT2D eigenvalue weighted by Crippen LogP contribution is -2.26. The summed E-state index contributed by atoms with van der Waals surface area (Å²) in [4.78, 5) is 17.7. The number of hydrogen-bond acceptors (Lipinski definition) is 3. The van der Waals surface area contributed by atoms with Crippen LogP contribution in [0.15, 0.2) is 47.3 Å². The van der Waals surface area contributed by atoms with Crippen LogP contribution >= 0.6 is 0 Å². The van der Waals surface area contributed by atoms with Crippen LogP contribution in [0.3, 0.4) is 0 Å². The Kier molecular flexibility index (Phi) is 4.79. The predicted molar refractivity (Wildman–Crippen MR) is 104 cm³/mol. The van der Waals surface area contributed by atoms with E-state index in [1.807, 2.05) is 36.4 Å². The van der Waals surface area contributed by atoms with Gasteiger partial charge in [-0.3, -0.25) is 4.79 Å². The molecule has 25 heavy (non-hydrogen) atoms. The Labute approximate surface area is 148 Å². The van der Waals surface area contributed by atoms with E-state index < -0.39 is 0 Å². The molecule has 0 aliphatic carbocycles. The van der Waals surface area contributed by atoms with Gasteiger partial charge in [0, 0.05) is 29.9 Å². The lowest BCUT2D eigenvalue weighted by atomic mass is 10.0.